The number of aryl methyl sites for hydroxylation is 1. The molecular formula is C13H9BrClN3O2S. The zero-order valence-electron chi connectivity index (χ0n) is 10.8. The Kier molecular flexibility index (Phi) is 4.52. The second-order valence-electron chi connectivity index (χ2n) is 4.18. The van der Waals surface area contributed by atoms with Crippen molar-refractivity contribution in [2.24, 2.45) is 0 Å². The van der Waals surface area contributed by atoms with Gasteiger partial charge in [-0.25, -0.2) is 13.4 Å². The summed E-state index contributed by atoms with van der Waals surface area (Å²) in [4.78, 5) is 3.70. The average Bonchev–Trinajstić information content (AvgIpc) is 2.44. The normalized spacial score (nSPS) is 11.0. The fourth-order valence-corrected chi connectivity index (χ4v) is 3.40. The number of halogens is 2. The number of rotatable bonds is 3. The number of aromatic nitrogens is 1. The standard InChI is InChI=1S/C13H9BrClN3O2S/c1-8-4-11(14)13(5-12(8)15)18-21(19,20)10-3-2-9(6-16)17-7-10/h2-5,7,18H,1H3. The third-order valence-corrected chi connectivity index (χ3v) is 5.07. The van der Waals surface area contributed by atoms with Gasteiger partial charge in [0.05, 0.1) is 5.69 Å². The molecule has 0 bridgehead atoms. The third kappa shape index (κ3) is 3.53. The van der Waals surface area contributed by atoms with Crippen molar-refractivity contribution in [2.75, 3.05) is 4.72 Å². The van der Waals surface area contributed by atoms with Crippen LogP contribution in [-0.4, -0.2) is 13.4 Å². The first kappa shape index (κ1) is 15.8. The van der Waals surface area contributed by atoms with Crippen LogP contribution in [0.4, 0.5) is 5.69 Å². The summed E-state index contributed by atoms with van der Waals surface area (Å²) < 4.78 is 27.5. The summed E-state index contributed by atoms with van der Waals surface area (Å²) in [5.41, 5.74) is 1.30. The van der Waals surface area contributed by atoms with Gasteiger partial charge in [0.15, 0.2) is 0 Å². The minimum atomic E-state index is -3.80. The molecule has 0 atom stereocenters. The maximum atomic E-state index is 12.3. The molecule has 0 fully saturated rings. The van der Waals surface area contributed by atoms with Gasteiger partial charge in [-0.05, 0) is 52.7 Å². The molecule has 5 nitrogen and oxygen atoms in total. The summed E-state index contributed by atoms with van der Waals surface area (Å²) >= 11 is 9.28. The van der Waals surface area contributed by atoms with E-state index in [1.807, 2.05) is 13.0 Å². The van der Waals surface area contributed by atoms with Crippen molar-refractivity contribution in [3.63, 3.8) is 0 Å². The summed E-state index contributed by atoms with van der Waals surface area (Å²) in [5.74, 6) is 0. The summed E-state index contributed by atoms with van der Waals surface area (Å²) in [6.45, 7) is 1.82. The summed E-state index contributed by atoms with van der Waals surface area (Å²) in [6, 6.07) is 7.73. The number of benzene rings is 1. The molecular weight excluding hydrogens is 378 g/mol. The molecule has 0 amide bonds. The Bertz CT molecular complexity index is 830. The molecule has 1 heterocycles. The van der Waals surface area contributed by atoms with Gasteiger partial charge in [0.1, 0.15) is 16.7 Å². The van der Waals surface area contributed by atoms with Crippen molar-refractivity contribution in [1.82, 2.24) is 4.98 Å². The quantitative estimate of drug-likeness (QED) is 0.875. The Morgan fingerprint density at radius 2 is 2.10 bits per heavy atom. The Morgan fingerprint density at radius 3 is 2.67 bits per heavy atom. The highest BCUT2D eigenvalue weighted by atomic mass is 79.9. The lowest BCUT2D eigenvalue weighted by Crippen LogP contribution is -2.13. The predicted molar refractivity (Wildman–Crippen MR) is 83.6 cm³/mol. The van der Waals surface area contributed by atoms with E-state index in [-0.39, 0.29) is 10.6 Å². The van der Waals surface area contributed by atoms with Crippen LogP contribution in [-0.2, 0) is 10.0 Å². The van der Waals surface area contributed by atoms with Crippen molar-refractivity contribution in [2.45, 2.75) is 11.8 Å². The van der Waals surface area contributed by atoms with Gasteiger partial charge in [-0.15, -0.1) is 0 Å². The molecule has 2 aromatic rings. The molecule has 0 spiro atoms. The Balaban J connectivity index is 2.37. The molecule has 8 heteroatoms. The highest BCUT2D eigenvalue weighted by Crippen LogP contribution is 2.30. The van der Waals surface area contributed by atoms with Crippen LogP contribution in [0.2, 0.25) is 5.02 Å². The summed E-state index contributed by atoms with van der Waals surface area (Å²) in [5, 5.41) is 9.11. The van der Waals surface area contributed by atoms with Crippen LogP contribution in [0.5, 0.6) is 0 Å². The highest BCUT2D eigenvalue weighted by molar-refractivity contribution is 9.10. The largest absolute Gasteiger partial charge is 0.278 e. The molecule has 0 aliphatic heterocycles. The van der Waals surface area contributed by atoms with Crippen LogP contribution in [0.1, 0.15) is 11.3 Å². The molecule has 2 rings (SSSR count). The molecule has 0 saturated carbocycles. The first-order valence-corrected chi connectivity index (χ1v) is 8.33. The zero-order valence-corrected chi connectivity index (χ0v) is 13.9. The first-order chi connectivity index (χ1) is 9.83. The average molecular weight is 387 g/mol. The summed E-state index contributed by atoms with van der Waals surface area (Å²) in [6.07, 6.45) is 1.13. The van der Waals surface area contributed by atoms with Crippen LogP contribution < -0.4 is 4.72 Å². The van der Waals surface area contributed by atoms with Crippen molar-refractivity contribution >= 4 is 43.2 Å². The number of nitrogens with zero attached hydrogens (tertiary/aromatic N) is 2. The SMILES string of the molecule is Cc1cc(Br)c(NS(=O)(=O)c2ccc(C#N)nc2)cc1Cl. The van der Waals surface area contributed by atoms with E-state index in [0.29, 0.717) is 15.2 Å². The van der Waals surface area contributed by atoms with Crippen LogP contribution in [0.15, 0.2) is 39.8 Å². The molecule has 21 heavy (non-hydrogen) atoms. The van der Waals surface area contributed by atoms with Gasteiger partial charge in [-0.2, -0.15) is 5.26 Å². The molecule has 0 aliphatic rings. The van der Waals surface area contributed by atoms with E-state index in [1.54, 1.807) is 6.07 Å². The molecule has 0 unspecified atom stereocenters. The lowest BCUT2D eigenvalue weighted by molar-refractivity contribution is 0.601. The van der Waals surface area contributed by atoms with Gasteiger partial charge in [-0.3, -0.25) is 4.72 Å². The number of pyridine rings is 1. The predicted octanol–water partition coefficient (Wildman–Crippen LogP) is 3.48. The molecule has 108 valence electrons. The third-order valence-electron chi connectivity index (χ3n) is 2.65. The minimum Gasteiger partial charge on any atom is -0.278 e. The molecule has 1 aromatic carbocycles. The van der Waals surface area contributed by atoms with Crippen molar-refractivity contribution in [3.8, 4) is 6.07 Å². The molecule has 0 saturated heterocycles. The van der Waals surface area contributed by atoms with E-state index in [9.17, 15) is 8.42 Å². The lowest BCUT2D eigenvalue weighted by Gasteiger charge is -2.11. The van der Waals surface area contributed by atoms with Gasteiger partial charge in [0.25, 0.3) is 10.0 Å². The number of anilines is 1. The number of hydrogen-bond acceptors (Lipinski definition) is 4. The van der Waals surface area contributed by atoms with E-state index in [0.717, 1.165) is 11.8 Å². The lowest BCUT2D eigenvalue weighted by atomic mass is 10.2. The van der Waals surface area contributed by atoms with Crippen LogP contribution in [0.25, 0.3) is 0 Å². The van der Waals surface area contributed by atoms with Gasteiger partial charge in [0, 0.05) is 15.7 Å². The highest BCUT2D eigenvalue weighted by Gasteiger charge is 2.17. The number of nitriles is 1. The van der Waals surface area contributed by atoms with E-state index >= 15 is 0 Å². The van der Waals surface area contributed by atoms with E-state index in [2.05, 4.69) is 25.6 Å². The van der Waals surface area contributed by atoms with Crippen LogP contribution >= 0.6 is 27.5 Å². The number of sulfonamides is 1. The summed E-state index contributed by atoms with van der Waals surface area (Å²) in [7, 11) is -3.80. The number of hydrogen-bond donors (Lipinski definition) is 1. The van der Waals surface area contributed by atoms with E-state index in [4.69, 9.17) is 16.9 Å². The van der Waals surface area contributed by atoms with Crippen LogP contribution in [0.3, 0.4) is 0 Å². The first-order valence-electron chi connectivity index (χ1n) is 5.68. The van der Waals surface area contributed by atoms with Crippen LogP contribution in [0, 0.1) is 18.3 Å². The van der Waals surface area contributed by atoms with Crippen molar-refractivity contribution in [1.29, 1.82) is 5.26 Å². The molecule has 0 radical (unpaired) electrons. The number of nitrogens with one attached hydrogen (secondary N) is 1. The molecule has 1 aromatic heterocycles. The fraction of sp³-hybridized carbons (Fsp3) is 0.0769. The van der Waals surface area contributed by atoms with Crippen molar-refractivity contribution in [3.05, 3.63) is 51.2 Å². The second-order valence-corrected chi connectivity index (χ2v) is 7.12. The zero-order chi connectivity index (χ0) is 15.6. The molecule has 0 aliphatic carbocycles. The van der Waals surface area contributed by atoms with Gasteiger partial charge in [-0.1, -0.05) is 11.6 Å². The maximum absolute atomic E-state index is 12.3. The smallest absolute Gasteiger partial charge is 0.263 e. The maximum Gasteiger partial charge on any atom is 0.263 e. The van der Waals surface area contributed by atoms with Gasteiger partial charge >= 0.3 is 0 Å². The minimum absolute atomic E-state index is 0.0369. The van der Waals surface area contributed by atoms with Gasteiger partial charge in [0.2, 0.25) is 0 Å². The van der Waals surface area contributed by atoms with E-state index < -0.39 is 10.0 Å². The fourth-order valence-electron chi connectivity index (χ4n) is 1.53. The van der Waals surface area contributed by atoms with Gasteiger partial charge < -0.3 is 0 Å². The second kappa shape index (κ2) is 6.02. The Morgan fingerprint density at radius 1 is 1.38 bits per heavy atom. The monoisotopic (exact) mass is 385 g/mol. The van der Waals surface area contributed by atoms with Crippen molar-refractivity contribution < 1.29 is 8.42 Å². The Hall–Kier alpha value is -1.62. The van der Waals surface area contributed by atoms with E-state index in [1.165, 1.54) is 18.2 Å². The molecule has 1 N–H and O–H groups in total. The Labute approximate surface area is 135 Å². The topological polar surface area (TPSA) is 82.9 Å².